The SMILES string of the molecule is Cc1c(C)n2c(COC(=O)c3ccc(F)cc3)c(C)c(=O)n2c1=O. The normalized spacial score (nSPS) is 11.2. The highest BCUT2D eigenvalue weighted by atomic mass is 19.1. The van der Waals surface area contributed by atoms with E-state index >= 15 is 0 Å². The monoisotopic (exact) mass is 330 g/mol. The number of halogens is 1. The first-order chi connectivity index (χ1) is 11.3. The topological polar surface area (TPSA) is 69.3 Å². The molecule has 3 aromatic rings. The molecule has 0 aliphatic rings. The van der Waals surface area contributed by atoms with Crippen LogP contribution < -0.4 is 11.1 Å². The van der Waals surface area contributed by atoms with Crippen molar-refractivity contribution in [3.05, 3.63) is 78.9 Å². The molecule has 2 heterocycles. The summed E-state index contributed by atoms with van der Waals surface area (Å²) in [6, 6.07) is 4.97. The van der Waals surface area contributed by atoms with Crippen molar-refractivity contribution < 1.29 is 13.9 Å². The smallest absolute Gasteiger partial charge is 0.338 e. The molecular weight excluding hydrogens is 315 g/mol. The Hall–Kier alpha value is -2.96. The number of carbonyl (C=O) groups is 1. The van der Waals surface area contributed by atoms with E-state index in [0.717, 1.165) is 16.6 Å². The molecule has 24 heavy (non-hydrogen) atoms. The van der Waals surface area contributed by atoms with Crippen molar-refractivity contribution in [1.29, 1.82) is 0 Å². The van der Waals surface area contributed by atoms with Gasteiger partial charge in [-0.05, 0) is 45.0 Å². The van der Waals surface area contributed by atoms with Crippen LogP contribution in [0.1, 0.15) is 32.9 Å². The lowest BCUT2D eigenvalue weighted by atomic mass is 10.2. The van der Waals surface area contributed by atoms with E-state index in [1.54, 1.807) is 20.8 Å². The second-order valence-electron chi connectivity index (χ2n) is 5.60. The number of carbonyl (C=O) groups excluding carboxylic acids is 1. The molecule has 0 N–H and O–H groups in total. The minimum atomic E-state index is -0.634. The number of aromatic nitrogens is 2. The Bertz CT molecular complexity index is 1050. The van der Waals surface area contributed by atoms with Gasteiger partial charge in [0.1, 0.15) is 12.4 Å². The van der Waals surface area contributed by atoms with Crippen molar-refractivity contribution in [2.45, 2.75) is 27.4 Å². The average molecular weight is 330 g/mol. The number of hydrogen-bond acceptors (Lipinski definition) is 4. The van der Waals surface area contributed by atoms with Gasteiger partial charge in [0, 0.05) is 16.8 Å². The van der Waals surface area contributed by atoms with E-state index in [-0.39, 0.29) is 17.7 Å². The van der Waals surface area contributed by atoms with E-state index in [4.69, 9.17) is 4.74 Å². The van der Waals surface area contributed by atoms with Crippen LogP contribution in [-0.2, 0) is 11.3 Å². The third kappa shape index (κ3) is 2.29. The summed E-state index contributed by atoms with van der Waals surface area (Å²) in [5, 5.41) is 0. The number of rotatable bonds is 3. The Kier molecular flexibility index (Phi) is 3.71. The lowest BCUT2D eigenvalue weighted by Gasteiger charge is -2.06. The van der Waals surface area contributed by atoms with Crippen molar-refractivity contribution in [3.8, 4) is 0 Å². The number of aryl methyl sites for hydroxylation is 1. The van der Waals surface area contributed by atoms with Crippen molar-refractivity contribution in [1.82, 2.24) is 9.03 Å². The largest absolute Gasteiger partial charge is 0.456 e. The van der Waals surface area contributed by atoms with E-state index in [2.05, 4.69) is 0 Å². The van der Waals surface area contributed by atoms with Crippen molar-refractivity contribution >= 4 is 5.97 Å². The van der Waals surface area contributed by atoms with Crippen LogP contribution in [0.15, 0.2) is 33.9 Å². The molecule has 0 saturated heterocycles. The van der Waals surface area contributed by atoms with Crippen LogP contribution in [0.5, 0.6) is 0 Å². The summed E-state index contributed by atoms with van der Waals surface area (Å²) in [4.78, 5) is 36.4. The molecule has 3 rings (SSSR count). The third-order valence-corrected chi connectivity index (χ3v) is 4.20. The fourth-order valence-corrected chi connectivity index (χ4v) is 2.63. The van der Waals surface area contributed by atoms with Gasteiger partial charge in [-0.1, -0.05) is 0 Å². The second-order valence-corrected chi connectivity index (χ2v) is 5.60. The van der Waals surface area contributed by atoms with Crippen molar-refractivity contribution in [3.63, 3.8) is 0 Å². The first kappa shape index (κ1) is 15.9. The molecule has 0 spiro atoms. The summed E-state index contributed by atoms with van der Waals surface area (Å²) in [6.07, 6.45) is 0. The molecule has 0 fully saturated rings. The molecule has 0 bridgehead atoms. The molecule has 0 unspecified atom stereocenters. The van der Waals surface area contributed by atoms with Gasteiger partial charge < -0.3 is 4.74 Å². The Morgan fingerprint density at radius 2 is 1.58 bits per heavy atom. The minimum absolute atomic E-state index is 0.165. The summed E-state index contributed by atoms with van der Waals surface area (Å²) in [7, 11) is 0. The lowest BCUT2D eigenvalue weighted by Crippen LogP contribution is -2.23. The quantitative estimate of drug-likeness (QED) is 0.684. The maximum atomic E-state index is 12.9. The number of esters is 1. The number of nitrogens with zero attached hydrogens (tertiary/aromatic N) is 2. The molecular formula is C17H15FN2O4. The van der Waals surface area contributed by atoms with E-state index in [0.29, 0.717) is 22.5 Å². The van der Waals surface area contributed by atoms with E-state index in [1.165, 1.54) is 16.6 Å². The first-order valence-corrected chi connectivity index (χ1v) is 7.31. The van der Waals surface area contributed by atoms with Crippen LogP contribution in [0.3, 0.4) is 0 Å². The Balaban J connectivity index is 1.96. The number of benzene rings is 1. The summed E-state index contributed by atoms with van der Waals surface area (Å²) in [5.74, 6) is -1.08. The van der Waals surface area contributed by atoms with Crippen molar-refractivity contribution in [2.24, 2.45) is 0 Å². The number of fused-ring (bicyclic) bond motifs is 1. The van der Waals surface area contributed by atoms with Gasteiger partial charge in [-0.25, -0.2) is 13.7 Å². The summed E-state index contributed by atoms with van der Waals surface area (Å²) >= 11 is 0. The molecule has 0 radical (unpaired) electrons. The van der Waals surface area contributed by atoms with Crippen molar-refractivity contribution in [2.75, 3.05) is 0 Å². The van der Waals surface area contributed by atoms with E-state index < -0.39 is 17.3 Å². The molecule has 2 aromatic heterocycles. The Labute approximate surface area is 136 Å². The summed E-state index contributed by atoms with van der Waals surface area (Å²) in [6.45, 7) is 4.78. The van der Waals surface area contributed by atoms with Gasteiger partial charge in [0.05, 0.1) is 11.3 Å². The molecule has 6 nitrogen and oxygen atoms in total. The fraction of sp³-hybridized carbons (Fsp3) is 0.235. The summed E-state index contributed by atoms with van der Waals surface area (Å²) < 4.78 is 20.6. The van der Waals surface area contributed by atoms with Crippen LogP contribution >= 0.6 is 0 Å². The highest BCUT2D eigenvalue weighted by Gasteiger charge is 2.21. The molecule has 124 valence electrons. The van der Waals surface area contributed by atoms with Gasteiger partial charge in [-0.2, -0.15) is 4.52 Å². The average Bonchev–Trinajstić information content (AvgIpc) is 2.94. The molecule has 0 amide bonds. The zero-order valence-corrected chi connectivity index (χ0v) is 13.4. The third-order valence-electron chi connectivity index (χ3n) is 4.20. The maximum Gasteiger partial charge on any atom is 0.338 e. The van der Waals surface area contributed by atoms with Crippen LogP contribution in [-0.4, -0.2) is 15.0 Å². The lowest BCUT2D eigenvalue weighted by molar-refractivity contribution is 0.0464. The number of ether oxygens (including phenoxy) is 1. The highest BCUT2D eigenvalue weighted by molar-refractivity contribution is 5.89. The highest BCUT2D eigenvalue weighted by Crippen LogP contribution is 2.12. The zero-order valence-electron chi connectivity index (χ0n) is 13.4. The molecule has 0 aliphatic heterocycles. The Morgan fingerprint density at radius 3 is 2.21 bits per heavy atom. The molecule has 1 aromatic carbocycles. The minimum Gasteiger partial charge on any atom is -0.456 e. The summed E-state index contributed by atoms with van der Waals surface area (Å²) in [5.41, 5.74) is 1.29. The van der Waals surface area contributed by atoms with Gasteiger partial charge in [0.15, 0.2) is 0 Å². The van der Waals surface area contributed by atoms with Gasteiger partial charge in [-0.3, -0.25) is 9.59 Å². The first-order valence-electron chi connectivity index (χ1n) is 7.31. The molecule has 7 heteroatoms. The molecule has 0 saturated carbocycles. The maximum absolute atomic E-state index is 12.9. The van der Waals surface area contributed by atoms with E-state index in [1.807, 2.05) is 0 Å². The van der Waals surface area contributed by atoms with Crippen LogP contribution in [0.2, 0.25) is 0 Å². The molecule has 0 aliphatic carbocycles. The standard InChI is InChI=1S/C17H15FN2O4/c1-9-11(3)19-14(10(2)16(22)20(19)15(9)21)8-24-17(23)12-4-6-13(18)7-5-12/h4-7H,8H2,1-3H3. The zero-order chi connectivity index (χ0) is 17.6. The van der Waals surface area contributed by atoms with Gasteiger partial charge in [-0.15, -0.1) is 0 Å². The van der Waals surface area contributed by atoms with Crippen LogP contribution in [0, 0.1) is 26.6 Å². The van der Waals surface area contributed by atoms with Gasteiger partial charge in [0.2, 0.25) is 0 Å². The van der Waals surface area contributed by atoms with E-state index in [9.17, 15) is 18.8 Å². The van der Waals surface area contributed by atoms with Gasteiger partial charge >= 0.3 is 5.97 Å². The van der Waals surface area contributed by atoms with Crippen LogP contribution in [0.25, 0.3) is 0 Å². The molecule has 0 atom stereocenters. The predicted octanol–water partition coefficient (Wildman–Crippen LogP) is 1.62. The Morgan fingerprint density at radius 1 is 1.00 bits per heavy atom. The van der Waals surface area contributed by atoms with Gasteiger partial charge in [0.25, 0.3) is 11.1 Å². The predicted molar refractivity (Wildman–Crippen MR) is 84.3 cm³/mol. The second kappa shape index (κ2) is 5.59. The fourth-order valence-electron chi connectivity index (χ4n) is 2.63. The van der Waals surface area contributed by atoms with Crippen LogP contribution in [0.4, 0.5) is 4.39 Å². The number of hydrogen-bond donors (Lipinski definition) is 0.